The van der Waals surface area contributed by atoms with Gasteiger partial charge in [0.1, 0.15) is 0 Å². The summed E-state index contributed by atoms with van der Waals surface area (Å²) in [6, 6.07) is 11.7. The first-order valence-corrected chi connectivity index (χ1v) is 8.70. The summed E-state index contributed by atoms with van der Waals surface area (Å²) in [4.78, 5) is 13.8. The maximum Gasteiger partial charge on any atom is 0.251 e. The van der Waals surface area contributed by atoms with Gasteiger partial charge in [-0.2, -0.15) is 0 Å². The summed E-state index contributed by atoms with van der Waals surface area (Å²) in [5.74, 6) is 0.430. The maximum absolute atomic E-state index is 12.5. The Kier molecular flexibility index (Phi) is 6.16. The highest BCUT2D eigenvalue weighted by molar-refractivity contribution is 7.10. The molecule has 22 heavy (non-hydrogen) atoms. The topological polar surface area (TPSA) is 55.1 Å². The van der Waals surface area contributed by atoms with Gasteiger partial charge in [0.2, 0.25) is 0 Å². The molecule has 0 aliphatic rings. The normalized spacial score (nSPS) is 12.4. The van der Waals surface area contributed by atoms with Crippen molar-refractivity contribution in [1.29, 1.82) is 0 Å². The highest BCUT2D eigenvalue weighted by Gasteiger charge is 2.23. The van der Waals surface area contributed by atoms with Crippen molar-refractivity contribution < 1.29 is 4.79 Å². The van der Waals surface area contributed by atoms with Crippen LogP contribution in [0.3, 0.4) is 0 Å². The number of nitrogens with one attached hydrogen (secondary N) is 1. The number of amides is 1. The summed E-state index contributed by atoms with van der Waals surface area (Å²) in [6.07, 6.45) is 2.09. The molecule has 1 aromatic carbocycles. The second-order valence-electron chi connectivity index (χ2n) is 5.44. The number of nitrogens with two attached hydrogens (primary N) is 1. The van der Waals surface area contributed by atoms with Crippen LogP contribution in [0, 0.1) is 5.92 Å². The predicted molar refractivity (Wildman–Crippen MR) is 92.9 cm³/mol. The molecule has 118 valence electrons. The smallest absolute Gasteiger partial charge is 0.251 e. The lowest BCUT2D eigenvalue weighted by Crippen LogP contribution is -2.32. The van der Waals surface area contributed by atoms with Crippen LogP contribution < -0.4 is 11.1 Å². The van der Waals surface area contributed by atoms with E-state index in [2.05, 4.69) is 30.6 Å². The zero-order valence-corrected chi connectivity index (χ0v) is 14.0. The molecule has 0 aliphatic heterocycles. The summed E-state index contributed by atoms with van der Waals surface area (Å²) in [5.41, 5.74) is 7.32. The van der Waals surface area contributed by atoms with E-state index in [9.17, 15) is 4.79 Å². The van der Waals surface area contributed by atoms with Crippen LogP contribution in [0.5, 0.6) is 0 Å². The van der Waals surface area contributed by atoms with Gasteiger partial charge in [-0.1, -0.05) is 44.9 Å². The molecule has 0 spiro atoms. The first kappa shape index (κ1) is 16.7. The molecule has 0 saturated heterocycles. The molecule has 1 atom stereocenters. The summed E-state index contributed by atoms with van der Waals surface area (Å²) >= 11 is 1.70. The minimum absolute atomic E-state index is 0.0196. The van der Waals surface area contributed by atoms with E-state index in [4.69, 9.17) is 5.73 Å². The fourth-order valence-electron chi connectivity index (χ4n) is 2.67. The van der Waals surface area contributed by atoms with Crippen molar-refractivity contribution in [3.63, 3.8) is 0 Å². The lowest BCUT2D eigenvalue weighted by atomic mass is 9.92. The van der Waals surface area contributed by atoms with Crippen molar-refractivity contribution in [2.24, 2.45) is 11.7 Å². The van der Waals surface area contributed by atoms with Crippen molar-refractivity contribution in [3.8, 4) is 0 Å². The van der Waals surface area contributed by atoms with Gasteiger partial charge in [-0.15, -0.1) is 11.3 Å². The first-order chi connectivity index (χ1) is 10.7. The molecule has 0 radical (unpaired) electrons. The van der Waals surface area contributed by atoms with Gasteiger partial charge in [0, 0.05) is 17.0 Å². The fraction of sp³-hybridized carbons (Fsp3) is 0.389. The third-order valence-electron chi connectivity index (χ3n) is 4.11. The number of carbonyl (C=O) groups is 1. The monoisotopic (exact) mass is 316 g/mol. The molecule has 3 N–H and O–H groups in total. The Morgan fingerprint density at radius 3 is 2.36 bits per heavy atom. The van der Waals surface area contributed by atoms with Gasteiger partial charge in [0.05, 0.1) is 6.04 Å². The zero-order chi connectivity index (χ0) is 15.9. The van der Waals surface area contributed by atoms with Crippen molar-refractivity contribution in [3.05, 3.63) is 57.8 Å². The van der Waals surface area contributed by atoms with Gasteiger partial charge in [0.25, 0.3) is 5.91 Å². The van der Waals surface area contributed by atoms with Crippen LogP contribution in [0.2, 0.25) is 0 Å². The summed E-state index contributed by atoms with van der Waals surface area (Å²) in [6.45, 7) is 4.85. The lowest BCUT2D eigenvalue weighted by molar-refractivity contribution is 0.0920. The molecule has 0 saturated carbocycles. The number of hydrogen-bond acceptors (Lipinski definition) is 3. The van der Waals surface area contributed by atoms with Gasteiger partial charge < -0.3 is 11.1 Å². The second-order valence-corrected chi connectivity index (χ2v) is 6.42. The van der Waals surface area contributed by atoms with Gasteiger partial charge in [-0.3, -0.25) is 4.79 Å². The average Bonchev–Trinajstić information content (AvgIpc) is 3.09. The predicted octanol–water partition coefficient (Wildman–Crippen LogP) is 4.11. The number of rotatable bonds is 7. The SMILES string of the molecule is CCC(CC)C(NC(=O)c1ccc(CN)cc1)c1cccs1. The number of carbonyl (C=O) groups excluding carboxylic acids is 1. The Bertz CT molecular complexity index is 574. The van der Waals surface area contributed by atoms with Crippen LogP contribution in [0.15, 0.2) is 41.8 Å². The van der Waals surface area contributed by atoms with E-state index < -0.39 is 0 Å². The van der Waals surface area contributed by atoms with Crippen LogP contribution >= 0.6 is 11.3 Å². The van der Waals surface area contributed by atoms with Crippen LogP contribution in [0.25, 0.3) is 0 Å². The number of hydrogen-bond donors (Lipinski definition) is 2. The molecular weight excluding hydrogens is 292 g/mol. The highest BCUT2D eigenvalue weighted by atomic mass is 32.1. The van der Waals surface area contributed by atoms with Crippen LogP contribution in [0.4, 0.5) is 0 Å². The summed E-state index contributed by atoms with van der Waals surface area (Å²) < 4.78 is 0. The molecule has 1 unspecified atom stereocenters. The third kappa shape index (κ3) is 3.96. The molecule has 2 aromatic rings. The minimum atomic E-state index is -0.0196. The quantitative estimate of drug-likeness (QED) is 0.807. The van der Waals surface area contributed by atoms with Crippen molar-refractivity contribution in [1.82, 2.24) is 5.32 Å². The van der Waals surface area contributed by atoms with Gasteiger partial charge in [-0.05, 0) is 35.1 Å². The largest absolute Gasteiger partial charge is 0.344 e. The van der Waals surface area contributed by atoms with Gasteiger partial charge in [0.15, 0.2) is 0 Å². The van der Waals surface area contributed by atoms with E-state index in [1.165, 1.54) is 4.88 Å². The molecule has 2 rings (SSSR count). The molecule has 0 fully saturated rings. The van der Waals surface area contributed by atoms with E-state index in [1.807, 2.05) is 30.3 Å². The van der Waals surface area contributed by atoms with Crippen molar-refractivity contribution in [2.75, 3.05) is 0 Å². The van der Waals surface area contributed by atoms with Crippen LogP contribution in [-0.4, -0.2) is 5.91 Å². The van der Waals surface area contributed by atoms with Crippen LogP contribution in [-0.2, 0) is 6.54 Å². The number of thiophene rings is 1. The maximum atomic E-state index is 12.5. The second kappa shape index (κ2) is 8.11. The molecule has 3 nitrogen and oxygen atoms in total. The van der Waals surface area contributed by atoms with E-state index in [0.29, 0.717) is 18.0 Å². The van der Waals surface area contributed by atoms with Gasteiger partial charge in [-0.25, -0.2) is 0 Å². The Morgan fingerprint density at radius 1 is 1.18 bits per heavy atom. The third-order valence-corrected chi connectivity index (χ3v) is 5.06. The van der Waals surface area contributed by atoms with E-state index in [0.717, 1.165) is 18.4 Å². The van der Waals surface area contributed by atoms with E-state index >= 15 is 0 Å². The Balaban J connectivity index is 2.16. The summed E-state index contributed by atoms with van der Waals surface area (Å²) in [5, 5.41) is 5.28. The zero-order valence-electron chi connectivity index (χ0n) is 13.2. The minimum Gasteiger partial charge on any atom is -0.344 e. The Labute approximate surface area is 136 Å². The van der Waals surface area contributed by atoms with E-state index in [1.54, 1.807) is 11.3 Å². The molecule has 1 heterocycles. The average molecular weight is 316 g/mol. The van der Waals surface area contributed by atoms with Crippen molar-refractivity contribution in [2.45, 2.75) is 39.3 Å². The van der Waals surface area contributed by atoms with E-state index in [-0.39, 0.29) is 11.9 Å². The molecule has 1 amide bonds. The lowest BCUT2D eigenvalue weighted by Gasteiger charge is -2.25. The fourth-order valence-corrected chi connectivity index (χ4v) is 3.54. The molecule has 0 bridgehead atoms. The Morgan fingerprint density at radius 2 is 1.86 bits per heavy atom. The van der Waals surface area contributed by atoms with Crippen molar-refractivity contribution >= 4 is 17.2 Å². The summed E-state index contributed by atoms with van der Waals surface area (Å²) in [7, 11) is 0. The molecular formula is C18H24N2OS. The van der Waals surface area contributed by atoms with Gasteiger partial charge >= 0.3 is 0 Å². The molecule has 0 aliphatic carbocycles. The Hall–Kier alpha value is -1.65. The standard InChI is InChI=1S/C18H24N2OS/c1-3-14(4-2)17(16-6-5-11-22-16)20-18(21)15-9-7-13(12-19)8-10-15/h5-11,14,17H,3-4,12,19H2,1-2H3,(H,20,21). The van der Waals surface area contributed by atoms with Crippen LogP contribution in [0.1, 0.15) is 53.5 Å². The molecule has 1 aromatic heterocycles. The number of benzene rings is 1. The molecule has 4 heteroatoms. The highest BCUT2D eigenvalue weighted by Crippen LogP contribution is 2.30. The first-order valence-electron chi connectivity index (χ1n) is 7.82.